The van der Waals surface area contributed by atoms with Gasteiger partial charge in [0.2, 0.25) is 10.0 Å². The van der Waals surface area contributed by atoms with E-state index in [-0.39, 0.29) is 30.0 Å². The van der Waals surface area contributed by atoms with Crippen molar-refractivity contribution in [3.63, 3.8) is 0 Å². The molecule has 0 saturated carbocycles. The third-order valence-corrected chi connectivity index (χ3v) is 3.60. The Morgan fingerprint density at radius 1 is 1.47 bits per heavy atom. The largest absolute Gasteiger partial charge is 0.494 e. The molecule has 0 bridgehead atoms. The maximum atomic E-state index is 13.3. The van der Waals surface area contributed by atoms with Crippen LogP contribution < -0.4 is 9.46 Å². The van der Waals surface area contributed by atoms with Gasteiger partial charge in [0.1, 0.15) is 0 Å². The van der Waals surface area contributed by atoms with Crippen LogP contribution in [0.4, 0.5) is 10.1 Å². The summed E-state index contributed by atoms with van der Waals surface area (Å²) in [6.45, 7) is 0. The lowest BCUT2D eigenvalue weighted by molar-refractivity contribution is -0.137. The number of carboxylic acid groups (broad SMARTS) is 1. The van der Waals surface area contributed by atoms with Crippen LogP contribution in [0.2, 0.25) is 0 Å². The fourth-order valence-corrected chi connectivity index (χ4v) is 2.49. The van der Waals surface area contributed by atoms with E-state index < -0.39 is 21.8 Å². The van der Waals surface area contributed by atoms with Crippen LogP contribution in [0, 0.1) is 5.82 Å². The lowest BCUT2D eigenvalue weighted by Crippen LogP contribution is -2.17. The fourth-order valence-electron chi connectivity index (χ4n) is 1.37. The first-order valence-electron chi connectivity index (χ1n) is 5.40. The molecular formula is C11H14FNO5S. The van der Waals surface area contributed by atoms with E-state index in [0.717, 1.165) is 6.07 Å². The second kappa shape index (κ2) is 6.37. The van der Waals surface area contributed by atoms with Crippen molar-refractivity contribution >= 4 is 21.7 Å². The summed E-state index contributed by atoms with van der Waals surface area (Å²) >= 11 is 0. The highest BCUT2D eigenvalue weighted by molar-refractivity contribution is 7.92. The third kappa shape index (κ3) is 5.12. The molecule has 19 heavy (non-hydrogen) atoms. The van der Waals surface area contributed by atoms with E-state index in [2.05, 4.69) is 4.72 Å². The molecule has 1 rings (SSSR count). The molecule has 8 heteroatoms. The minimum absolute atomic E-state index is 0.00817. The van der Waals surface area contributed by atoms with Gasteiger partial charge in [0.15, 0.2) is 11.6 Å². The predicted octanol–water partition coefficient (Wildman–Crippen LogP) is 1.44. The van der Waals surface area contributed by atoms with Crippen LogP contribution in [-0.2, 0) is 14.8 Å². The van der Waals surface area contributed by atoms with Gasteiger partial charge in [-0.05, 0) is 18.6 Å². The van der Waals surface area contributed by atoms with Crippen molar-refractivity contribution in [2.24, 2.45) is 0 Å². The third-order valence-electron chi connectivity index (χ3n) is 2.23. The molecule has 6 nitrogen and oxygen atoms in total. The first kappa shape index (κ1) is 15.2. The number of ether oxygens (including phenoxy) is 1. The smallest absolute Gasteiger partial charge is 0.303 e. The Kier molecular flexibility index (Phi) is 5.11. The Hall–Kier alpha value is -1.83. The topological polar surface area (TPSA) is 92.7 Å². The SMILES string of the molecule is COc1ccc(NS(=O)(=O)CCCC(=O)O)cc1F. The molecule has 0 heterocycles. The van der Waals surface area contributed by atoms with E-state index in [4.69, 9.17) is 9.84 Å². The summed E-state index contributed by atoms with van der Waals surface area (Å²) < 4.78 is 43.4. The lowest BCUT2D eigenvalue weighted by atomic mass is 10.3. The van der Waals surface area contributed by atoms with Gasteiger partial charge in [-0.25, -0.2) is 12.8 Å². The van der Waals surface area contributed by atoms with Gasteiger partial charge < -0.3 is 9.84 Å². The van der Waals surface area contributed by atoms with Crippen LogP contribution in [-0.4, -0.2) is 32.4 Å². The number of anilines is 1. The molecule has 1 aromatic carbocycles. The number of sulfonamides is 1. The molecule has 0 radical (unpaired) electrons. The number of carboxylic acids is 1. The zero-order valence-electron chi connectivity index (χ0n) is 10.2. The van der Waals surface area contributed by atoms with Crippen molar-refractivity contribution in [3.05, 3.63) is 24.0 Å². The zero-order valence-corrected chi connectivity index (χ0v) is 11.0. The Labute approximate surface area is 110 Å². The Bertz CT molecular complexity index is 558. The van der Waals surface area contributed by atoms with Crippen LogP contribution in [0.1, 0.15) is 12.8 Å². The zero-order chi connectivity index (χ0) is 14.5. The Morgan fingerprint density at radius 2 is 2.16 bits per heavy atom. The Morgan fingerprint density at radius 3 is 2.68 bits per heavy atom. The molecule has 1 aromatic rings. The van der Waals surface area contributed by atoms with Crippen molar-refractivity contribution in [2.45, 2.75) is 12.8 Å². The van der Waals surface area contributed by atoms with Crippen molar-refractivity contribution < 1.29 is 27.4 Å². The molecule has 0 unspecified atom stereocenters. The van der Waals surface area contributed by atoms with Gasteiger partial charge in [0, 0.05) is 12.5 Å². The maximum absolute atomic E-state index is 13.3. The number of hydrogen-bond acceptors (Lipinski definition) is 4. The Balaban J connectivity index is 2.67. The number of halogens is 1. The summed E-state index contributed by atoms with van der Waals surface area (Å²) in [6.07, 6.45) is -0.249. The second-order valence-electron chi connectivity index (χ2n) is 3.77. The first-order chi connectivity index (χ1) is 8.84. The van der Waals surface area contributed by atoms with Gasteiger partial charge in [-0.2, -0.15) is 0 Å². The molecular weight excluding hydrogens is 277 g/mol. The van der Waals surface area contributed by atoms with E-state index >= 15 is 0 Å². The van der Waals surface area contributed by atoms with Crippen LogP contribution in [0.5, 0.6) is 5.75 Å². The van der Waals surface area contributed by atoms with Gasteiger partial charge in [-0.1, -0.05) is 0 Å². The molecule has 0 aromatic heterocycles. The minimum atomic E-state index is -3.69. The number of methoxy groups -OCH3 is 1. The summed E-state index contributed by atoms with van der Waals surface area (Å²) in [5, 5.41) is 8.42. The molecule has 0 aliphatic heterocycles. The molecule has 0 aliphatic rings. The molecule has 0 saturated heterocycles. The molecule has 0 amide bonds. The highest BCUT2D eigenvalue weighted by Gasteiger charge is 2.13. The van der Waals surface area contributed by atoms with Crippen LogP contribution in [0.3, 0.4) is 0 Å². The van der Waals surface area contributed by atoms with Crippen LogP contribution >= 0.6 is 0 Å². The molecule has 2 N–H and O–H groups in total. The standard InChI is InChI=1S/C11H14FNO5S/c1-18-10-5-4-8(7-9(10)12)13-19(16,17)6-2-3-11(14)15/h4-5,7,13H,2-3,6H2,1H3,(H,14,15). The van der Waals surface area contributed by atoms with E-state index in [9.17, 15) is 17.6 Å². The minimum Gasteiger partial charge on any atom is -0.494 e. The molecule has 0 atom stereocenters. The summed E-state index contributed by atoms with van der Waals surface area (Å²) in [7, 11) is -2.39. The van der Waals surface area contributed by atoms with E-state index in [0.29, 0.717) is 0 Å². The average Bonchev–Trinajstić information content (AvgIpc) is 2.27. The number of benzene rings is 1. The number of nitrogens with one attached hydrogen (secondary N) is 1. The number of carbonyl (C=O) groups is 1. The van der Waals surface area contributed by atoms with Gasteiger partial charge in [-0.15, -0.1) is 0 Å². The van der Waals surface area contributed by atoms with Gasteiger partial charge in [0.25, 0.3) is 0 Å². The second-order valence-corrected chi connectivity index (χ2v) is 5.61. The monoisotopic (exact) mass is 291 g/mol. The maximum Gasteiger partial charge on any atom is 0.303 e. The highest BCUT2D eigenvalue weighted by atomic mass is 32.2. The fraction of sp³-hybridized carbons (Fsp3) is 0.364. The van der Waals surface area contributed by atoms with Gasteiger partial charge in [-0.3, -0.25) is 9.52 Å². The van der Waals surface area contributed by atoms with E-state index in [1.54, 1.807) is 0 Å². The molecule has 0 fully saturated rings. The van der Waals surface area contributed by atoms with Crippen LogP contribution in [0.25, 0.3) is 0 Å². The van der Waals surface area contributed by atoms with Crippen molar-refractivity contribution in [2.75, 3.05) is 17.6 Å². The van der Waals surface area contributed by atoms with E-state index in [1.165, 1.54) is 19.2 Å². The number of hydrogen-bond donors (Lipinski definition) is 2. The van der Waals surface area contributed by atoms with Crippen molar-refractivity contribution in [1.29, 1.82) is 0 Å². The molecule has 106 valence electrons. The van der Waals surface area contributed by atoms with Crippen LogP contribution in [0.15, 0.2) is 18.2 Å². The van der Waals surface area contributed by atoms with E-state index in [1.807, 2.05) is 0 Å². The summed E-state index contributed by atoms with van der Waals surface area (Å²) in [6, 6.07) is 3.65. The highest BCUT2D eigenvalue weighted by Crippen LogP contribution is 2.21. The molecule has 0 spiro atoms. The van der Waals surface area contributed by atoms with Crippen molar-refractivity contribution in [3.8, 4) is 5.75 Å². The summed E-state index contributed by atoms with van der Waals surface area (Å²) in [5.41, 5.74) is 0.0635. The quantitative estimate of drug-likeness (QED) is 0.793. The van der Waals surface area contributed by atoms with Gasteiger partial charge in [0.05, 0.1) is 18.6 Å². The van der Waals surface area contributed by atoms with Crippen molar-refractivity contribution in [1.82, 2.24) is 0 Å². The lowest BCUT2D eigenvalue weighted by Gasteiger charge is -2.08. The average molecular weight is 291 g/mol. The first-order valence-corrected chi connectivity index (χ1v) is 7.05. The predicted molar refractivity (Wildman–Crippen MR) is 67.2 cm³/mol. The molecule has 0 aliphatic carbocycles. The summed E-state index contributed by atoms with van der Waals surface area (Å²) in [4.78, 5) is 10.3. The summed E-state index contributed by atoms with van der Waals surface area (Å²) in [5.74, 6) is -2.08. The number of rotatable bonds is 7. The van der Waals surface area contributed by atoms with Gasteiger partial charge >= 0.3 is 5.97 Å². The number of aliphatic carboxylic acids is 1. The normalized spacial score (nSPS) is 11.1.